The van der Waals surface area contributed by atoms with Gasteiger partial charge in [0, 0.05) is 18.3 Å². The third-order valence-electron chi connectivity index (χ3n) is 6.05. The largest absolute Gasteiger partial charge is 0.392 e. The highest BCUT2D eigenvalue weighted by molar-refractivity contribution is 5.98. The minimum Gasteiger partial charge on any atom is -0.392 e. The first-order valence-electron chi connectivity index (χ1n) is 11.2. The van der Waals surface area contributed by atoms with Gasteiger partial charge in [0.15, 0.2) is 0 Å². The fourth-order valence-corrected chi connectivity index (χ4v) is 4.34. The fourth-order valence-electron chi connectivity index (χ4n) is 4.34. The van der Waals surface area contributed by atoms with Crippen molar-refractivity contribution in [2.45, 2.75) is 38.5 Å². The molecule has 1 amide bonds. The van der Waals surface area contributed by atoms with Gasteiger partial charge >= 0.3 is 0 Å². The Morgan fingerprint density at radius 1 is 1.09 bits per heavy atom. The molecule has 1 aliphatic heterocycles. The van der Waals surface area contributed by atoms with Crippen molar-refractivity contribution in [3.05, 3.63) is 78.3 Å². The van der Waals surface area contributed by atoms with Crippen LogP contribution in [0.1, 0.15) is 35.2 Å². The van der Waals surface area contributed by atoms with Crippen LogP contribution in [0.15, 0.2) is 61.3 Å². The maximum Gasteiger partial charge on any atom is 0.256 e. The van der Waals surface area contributed by atoms with Crippen molar-refractivity contribution < 1.29 is 14.3 Å². The predicted molar refractivity (Wildman–Crippen MR) is 121 cm³/mol. The van der Waals surface area contributed by atoms with Crippen LogP contribution in [0.2, 0.25) is 0 Å². The molecule has 1 atom stereocenters. The molecule has 4 aromatic rings. The smallest absolute Gasteiger partial charge is 0.256 e. The number of carbonyl (C=O) groups excluding carboxylic acids is 1. The summed E-state index contributed by atoms with van der Waals surface area (Å²) in [4.78, 5) is 21.2. The van der Waals surface area contributed by atoms with E-state index in [9.17, 15) is 14.3 Å². The molecule has 0 unspecified atom stereocenters. The number of nitrogens with zero attached hydrogens (tertiary/aromatic N) is 7. The maximum atomic E-state index is 13.7. The molecule has 9 nitrogen and oxygen atoms in total. The van der Waals surface area contributed by atoms with E-state index in [-0.39, 0.29) is 24.4 Å². The van der Waals surface area contributed by atoms with E-state index in [1.165, 1.54) is 17.1 Å². The molecule has 0 spiro atoms. The van der Waals surface area contributed by atoms with E-state index in [1.807, 2.05) is 11.1 Å². The average Bonchev–Trinajstić information content (AvgIpc) is 3.57. The summed E-state index contributed by atoms with van der Waals surface area (Å²) in [6, 6.07) is 8.16. The second-order valence-corrected chi connectivity index (χ2v) is 8.29. The number of amides is 1. The Bertz CT molecular complexity index is 1270. The number of aromatic nitrogens is 6. The van der Waals surface area contributed by atoms with E-state index in [0.717, 1.165) is 24.8 Å². The molecule has 1 saturated heterocycles. The molecule has 0 radical (unpaired) electrons. The van der Waals surface area contributed by atoms with Gasteiger partial charge in [-0.3, -0.25) is 14.5 Å². The quantitative estimate of drug-likeness (QED) is 0.474. The van der Waals surface area contributed by atoms with Crippen molar-refractivity contribution in [3.63, 3.8) is 0 Å². The fraction of sp³-hybridized carbons (Fsp3) is 0.292. The number of hydrogen-bond acceptors (Lipinski definition) is 6. The van der Waals surface area contributed by atoms with Gasteiger partial charge in [0.25, 0.3) is 5.91 Å². The lowest BCUT2D eigenvalue weighted by atomic mass is 9.99. The molecule has 1 N–H and O–H groups in total. The third kappa shape index (κ3) is 4.44. The van der Waals surface area contributed by atoms with Gasteiger partial charge in [-0.05, 0) is 49.1 Å². The molecule has 0 bridgehead atoms. The number of aliphatic hydroxyl groups excluding tert-OH is 1. The number of piperidine rings is 1. The number of hydrogen-bond donors (Lipinski definition) is 1. The van der Waals surface area contributed by atoms with Crippen molar-refractivity contribution in [1.29, 1.82) is 0 Å². The first kappa shape index (κ1) is 21.9. The normalized spacial score (nSPS) is 16.1. The minimum atomic E-state index is -0.387. The van der Waals surface area contributed by atoms with Crippen LogP contribution in [0.5, 0.6) is 0 Å². The van der Waals surface area contributed by atoms with Gasteiger partial charge in [0.05, 0.1) is 60.9 Å². The Balaban J connectivity index is 1.40. The first-order valence-corrected chi connectivity index (χ1v) is 11.2. The van der Waals surface area contributed by atoms with Gasteiger partial charge in [-0.15, -0.1) is 0 Å². The molecule has 5 rings (SSSR count). The van der Waals surface area contributed by atoms with E-state index in [2.05, 4.69) is 20.3 Å². The Morgan fingerprint density at radius 3 is 2.71 bits per heavy atom. The zero-order chi connectivity index (χ0) is 23.5. The molecular weight excluding hydrogens is 437 g/mol. The summed E-state index contributed by atoms with van der Waals surface area (Å²) in [5.41, 5.74) is 3.10. The van der Waals surface area contributed by atoms with Crippen molar-refractivity contribution >= 4 is 5.91 Å². The Kier molecular flexibility index (Phi) is 6.13. The molecular formula is C24H24FN7O2. The molecule has 1 aromatic carbocycles. The van der Waals surface area contributed by atoms with E-state index in [0.29, 0.717) is 35.6 Å². The van der Waals surface area contributed by atoms with Crippen LogP contribution in [0.4, 0.5) is 4.39 Å². The number of carbonyl (C=O) groups is 1. The Hall–Kier alpha value is -3.92. The van der Waals surface area contributed by atoms with Crippen LogP contribution in [-0.2, 0) is 13.2 Å². The second kappa shape index (κ2) is 9.52. The summed E-state index contributed by atoms with van der Waals surface area (Å²) in [6.45, 7) is 0.998. The van der Waals surface area contributed by atoms with Gasteiger partial charge in [-0.25, -0.2) is 4.39 Å². The highest BCUT2D eigenvalue weighted by atomic mass is 19.1. The molecule has 1 aliphatic rings. The monoisotopic (exact) mass is 461 g/mol. The number of likely N-dealkylation sites (tertiary alicyclic amines) is 1. The topological polar surface area (TPSA) is 102 Å². The zero-order valence-electron chi connectivity index (χ0n) is 18.5. The molecule has 10 heteroatoms. The number of aliphatic hydroxyl groups is 1. The van der Waals surface area contributed by atoms with Crippen LogP contribution in [0.3, 0.4) is 0 Å². The lowest BCUT2D eigenvalue weighted by Crippen LogP contribution is -2.46. The molecule has 174 valence electrons. The van der Waals surface area contributed by atoms with Crippen LogP contribution < -0.4 is 0 Å². The maximum absolute atomic E-state index is 13.7. The SMILES string of the molecule is O=C(c1cc(CO)ccc1-n1nccn1)N1CCCC[C@H]1Cn1cc(-c2ccc(F)cn2)cn1. The van der Waals surface area contributed by atoms with Crippen LogP contribution in [0, 0.1) is 5.82 Å². The summed E-state index contributed by atoms with van der Waals surface area (Å²) >= 11 is 0. The third-order valence-corrected chi connectivity index (χ3v) is 6.05. The summed E-state index contributed by atoms with van der Waals surface area (Å²) < 4.78 is 15.0. The minimum absolute atomic E-state index is 0.0496. The molecule has 3 aromatic heterocycles. The van der Waals surface area contributed by atoms with Crippen LogP contribution >= 0.6 is 0 Å². The van der Waals surface area contributed by atoms with Crippen molar-refractivity contribution in [2.24, 2.45) is 0 Å². The summed E-state index contributed by atoms with van der Waals surface area (Å²) in [5.74, 6) is -0.512. The van der Waals surface area contributed by atoms with E-state index >= 15 is 0 Å². The first-order chi connectivity index (χ1) is 16.6. The summed E-state index contributed by atoms with van der Waals surface area (Å²) in [5, 5.41) is 22.4. The molecule has 1 fully saturated rings. The molecule has 4 heterocycles. The van der Waals surface area contributed by atoms with Gasteiger partial charge < -0.3 is 10.0 Å². The standard InChI is InChI=1S/C24H24FN7O2/c25-19-5-6-22(26-13-19)18-12-29-30(14-18)15-20-3-1-2-10-31(20)24(34)21-11-17(16-33)4-7-23(21)32-27-8-9-28-32/h4-9,11-14,20,33H,1-3,10,15-16H2/t20-/m0/s1. The number of benzene rings is 1. The van der Waals surface area contributed by atoms with Gasteiger partial charge in [0.2, 0.25) is 0 Å². The lowest BCUT2D eigenvalue weighted by Gasteiger charge is -2.36. The molecule has 34 heavy (non-hydrogen) atoms. The van der Waals surface area contributed by atoms with Crippen molar-refractivity contribution in [3.8, 4) is 16.9 Å². The Labute approximate surface area is 195 Å². The number of pyridine rings is 1. The van der Waals surface area contributed by atoms with Crippen molar-refractivity contribution in [2.75, 3.05) is 6.54 Å². The zero-order valence-corrected chi connectivity index (χ0v) is 18.5. The number of halogens is 1. The van der Waals surface area contributed by atoms with Crippen molar-refractivity contribution in [1.82, 2.24) is 34.7 Å². The van der Waals surface area contributed by atoms with Crippen LogP contribution in [-0.4, -0.2) is 58.3 Å². The average molecular weight is 462 g/mol. The Morgan fingerprint density at radius 2 is 1.94 bits per heavy atom. The van der Waals surface area contributed by atoms with E-state index < -0.39 is 0 Å². The summed E-state index contributed by atoms with van der Waals surface area (Å²) in [6.07, 6.45) is 10.6. The van der Waals surface area contributed by atoms with E-state index in [1.54, 1.807) is 47.5 Å². The highest BCUT2D eigenvalue weighted by Gasteiger charge is 2.30. The van der Waals surface area contributed by atoms with Gasteiger partial charge in [-0.1, -0.05) is 6.07 Å². The molecule has 0 aliphatic carbocycles. The predicted octanol–water partition coefficient (Wildman–Crippen LogP) is 2.85. The van der Waals surface area contributed by atoms with Gasteiger partial charge in [-0.2, -0.15) is 20.1 Å². The van der Waals surface area contributed by atoms with Crippen LogP contribution in [0.25, 0.3) is 16.9 Å². The second-order valence-electron chi connectivity index (χ2n) is 8.29. The number of rotatable bonds is 6. The summed E-state index contributed by atoms with van der Waals surface area (Å²) in [7, 11) is 0. The molecule has 0 saturated carbocycles. The van der Waals surface area contributed by atoms with E-state index in [4.69, 9.17) is 0 Å². The highest BCUT2D eigenvalue weighted by Crippen LogP contribution is 2.25. The lowest BCUT2D eigenvalue weighted by molar-refractivity contribution is 0.0583. The van der Waals surface area contributed by atoms with Gasteiger partial charge in [0.1, 0.15) is 5.82 Å².